The van der Waals surface area contributed by atoms with Gasteiger partial charge in [0.2, 0.25) is 0 Å². The summed E-state index contributed by atoms with van der Waals surface area (Å²) >= 11 is 0. The molecular formula is C20H20N2O. The van der Waals surface area contributed by atoms with Crippen LogP contribution in [0.5, 0.6) is 5.75 Å². The van der Waals surface area contributed by atoms with Crippen molar-refractivity contribution >= 4 is 10.8 Å². The topological polar surface area (TPSA) is 25.4 Å². The van der Waals surface area contributed by atoms with Crippen LogP contribution in [-0.4, -0.2) is 30.1 Å². The van der Waals surface area contributed by atoms with Crippen molar-refractivity contribution in [3.8, 4) is 5.75 Å². The molecule has 2 aromatic carbocycles. The van der Waals surface area contributed by atoms with Crippen LogP contribution in [0.25, 0.3) is 10.8 Å². The molecule has 23 heavy (non-hydrogen) atoms. The van der Waals surface area contributed by atoms with Crippen molar-refractivity contribution in [1.29, 1.82) is 0 Å². The van der Waals surface area contributed by atoms with Crippen LogP contribution in [0.1, 0.15) is 17.0 Å². The number of hydrogen-bond donors (Lipinski definition) is 0. The number of rotatable bonds is 4. The first kappa shape index (κ1) is 14.2. The lowest BCUT2D eigenvalue weighted by Gasteiger charge is -2.39. The Labute approximate surface area is 136 Å². The predicted molar refractivity (Wildman–Crippen MR) is 92.8 cm³/mol. The second-order valence-electron chi connectivity index (χ2n) is 6.14. The van der Waals surface area contributed by atoms with Gasteiger partial charge in [0.25, 0.3) is 0 Å². The van der Waals surface area contributed by atoms with E-state index < -0.39 is 0 Å². The third kappa shape index (κ3) is 2.68. The van der Waals surface area contributed by atoms with Crippen LogP contribution in [0.4, 0.5) is 0 Å². The largest absolute Gasteiger partial charge is 0.496 e. The third-order valence-electron chi connectivity index (χ3n) is 4.72. The average Bonchev–Trinajstić information content (AvgIpc) is 2.58. The number of nitrogens with zero attached hydrogens (tertiary/aromatic N) is 2. The van der Waals surface area contributed by atoms with Crippen molar-refractivity contribution in [2.45, 2.75) is 12.5 Å². The second-order valence-corrected chi connectivity index (χ2v) is 6.14. The molecule has 0 aliphatic carbocycles. The zero-order valence-electron chi connectivity index (χ0n) is 13.3. The number of ether oxygens (including phenoxy) is 1. The van der Waals surface area contributed by atoms with Crippen LogP contribution in [0.2, 0.25) is 0 Å². The van der Waals surface area contributed by atoms with E-state index in [4.69, 9.17) is 4.74 Å². The lowest BCUT2D eigenvalue weighted by atomic mass is 9.91. The van der Waals surface area contributed by atoms with E-state index in [0.29, 0.717) is 5.92 Å². The standard InChI is InChI=1S/C20H20N2O/c1-23-20-7-6-16(18-4-2-3-5-19(18)20)12-22-13-17(14-22)15-8-10-21-11-9-15/h2-11,17H,12-14H2,1H3. The van der Waals surface area contributed by atoms with Gasteiger partial charge in [-0.15, -0.1) is 0 Å². The molecule has 4 rings (SSSR count). The smallest absolute Gasteiger partial charge is 0.126 e. The van der Waals surface area contributed by atoms with Crippen molar-refractivity contribution < 1.29 is 4.74 Å². The van der Waals surface area contributed by atoms with E-state index in [-0.39, 0.29) is 0 Å². The Morgan fingerprint density at radius 1 is 1.00 bits per heavy atom. The maximum Gasteiger partial charge on any atom is 0.126 e. The molecule has 0 spiro atoms. The molecule has 0 saturated carbocycles. The Morgan fingerprint density at radius 3 is 2.48 bits per heavy atom. The number of aromatic nitrogens is 1. The molecule has 1 aromatic heterocycles. The number of benzene rings is 2. The number of hydrogen-bond acceptors (Lipinski definition) is 3. The summed E-state index contributed by atoms with van der Waals surface area (Å²) in [4.78, 5) is 6.60. The van der Waals surface area contributed by atoms with Crippen LogP contribution in [0, 0.1) is 0 Å². The van der Waals surface area contributed by atoms with E-state index in [1.165, 1.54) is 21.9 Å². The van der Waals surface area contributed by atoms with Gasteiger partial charge in [0, 0.05) is 43.3 Å². The molecule has 1 aliphatic heterocycles. The zero-order chi connectivity index (χ0) is 15.6. The van der Waals surface area contributed by atoms with Crippen molar-refractivity contribution in [1.82, 2.24) is 9.88 Å². The van der Waals surface area contributed by atoms with Gasteiger partial charge in [-0.2, -0.15) is 0 Å². The third-order valence-corrected chi connectivity index (χ3v) is 4.72. The Bertz CT molecular complexity index is 810. The molecule has 3 heteroatoms. The Hall–Kier alpha value is -2.39. The van der Waals surface area contributed by atoms with E-state index in [1.807, 2.05) is 12.4 Å². The Kier molecular flexibility index (Phi) is 3.72. The first-order valence-corrected chi connectivity index (χ1v) is 8.02. The van der Waals surface area contributed by atoms with Crippen molar-refractivity contribution in [3.63, 3.8) is 0 Å². The first-order valence-electron chi connectivity index (χ1n) is 8.02. The molecule has 0 unspecified atom stereocenters. The summed E-state index contributed by atoms with van der Waals surface area (Å²) in [6.07, 6.45) is 3.77. The minimum atomic E-state index is 0.641. The summed E-state index contributed by atoms with van der Waals surface area (Å²) in [5, 5.41) is 2.48. The molecule has 2 heterocycles. The predicted octanol–water partition coefficient (Wildman–Crippen LogP) is 3.84. The molecular weight excluding hydrogens is 284 g/mol. The molecule has 3 aromatic rings. The fourth-order valence-electron chi connectivity index (χ4n) is 3.44. The molecule has 1 fully saturated rings. The molecule has 1 aliphatic rings. The highest BCUT2D eigenvalue weighted by atomic mass is 16.5. The van der Waals surface area contributed by atoms with E-state index in [9.17, 15) is 0 Å². The van der Waals surface area contributed by atoms with Gasteiger partial charge in [-0.05, 0) is 34.7 Å². The van der Waals surface area contributed by atoms with E-state index in [0.717, 1.165) is 25.4 Å². The lowest BCUT2D eigenvalue weighted by Crippen LogP contribution is -2.44. The zero-order valence-corrected chi connectivity index (χ0v) is 13.3. The maximum atomic E-state index is 5.48. The van der Waals surface area contributed by atoms with E-state index in [1.54, 1.807) is 7.11 Å². The van der Waals surface area contributed by atoms with Crippen LogP contribution in [-0.2, 0) is 6.54 Å². The minimum Gasteiger partial charge on any atom is -0.496 e. The number of likely N-dealkylation sites (tertiary alicyclic amines) is 1. The monoisotopic (exact) mass is 304 g/mol. The van der Waals surface area contributed by atoms with Crippen LogP contribution in [0.3, 0.4) is 0 Å². The molecule has 0 bridgehead atoms. The van der Waals surface area contributed by atoms with Gasteiger partial charge in [0.15, 0.2) is 0 Å². The summed E-state index contributed by atoms with van der Waals surface area (Å²) in [6, 6.07) is 17.0. The molecule has 116 valence electrons. The maximum absolute atomic E-state index is 5.48. The lowest BCUT2D eigenvalue weighted by molar-refractivity contribution is 0.140. The fraction of sp³-hybridized carbons (Fsp3) is 0.250. The van der Waals surface area contributed by atoms with Gasteiger partial charge < -0.3 is 4.74 Å². The van der Waals surface area contributed by atoms with Gasteiger partial charge in [0.05, 0.1) is 7.11 Å². The van der Waals surface area contributed by atoms with Crippen LogP contribution >= 0.6 is 0 Å². The highest BCUT2D eigenvalue weighted by molar-refractivity contribution is 5.91. The summed E-state index contributed by atoms with van der Waals surface area (Å²) in [6.45, 7) is 3.22. The molecule has 0 radical (unpaired) electrons. The van der Waals surface area contributed by atoms with Crippen LogP contribution < -0.4 is 4.74 Å². The number of pyridine rings is 1. The minimum absolute atomic E-state index is 0.641. The van der Waals surface area contributed by atoms with Crippen molar-refractivity contribution in [3.05, 3.63) is 72.1 Å². The van der Waals surface area contributed by atoms with Gasteiger partial charge in [0.1, 0.15) is 5.75 Å². The molecule has 0 N–H and O–H groups in total. The van der Waals surface area contributed by atoms with Gasteiger partial charge in [-0.25, -0.2) is 0 Å². The van der Waals surface area contributed by atoms with E-state index in [2.05, 4.69) is 58.4 Å². The van der Waals surface area contributed by atoms with Crippen molar-refractivity contribution in [2.24, 2.45) is 0 Å². The van der Waals surface area contributed by atoms with Gasteiger partial charge in [-0.1, -0.05) is 30.3 Å². The summed E-state index contributed by atoms with van der Waals surface area (Å²) in [7, 11) is 1.73. The molecule has 1 saturated heterocycles. The SMILES string of the molecule is COc1ccc(CN2CC(c3ccncc3)C2)c2ccccc12. The van der Waals surface area contributed by atoms with Gasteiger partial charge in [-0.3, -0.25) is 9.88 Å². The quantitative estimate of drug-likeness (QED) is 0.732. The molecule has 0 amide bonds. The number of methoxy groups -OCH3 is 1. The summed E-state index contributed by atoms with van der Waals surface area (Å²) < 4.78 is 5.48. The normalized spacial score (nSPS) is 15.5. The summed E-state index contributed by atoms with van der Waals surface area (Å²) in [5.41, 5.74) is 2.77. The molecule has 3 nitrogen and oxygen atoms in total. The average molecular weight is 304 g/mol. The van der Waals surface area contributed by atoms with Gasteiger partial charge >= 0.3 is 0 Å². The van der Waals surface area contributed by atoms with Crippen molar-refractivity contribution in [2.75, 3.05) is 20.2 Å². The number of fused-ring (bicyclic) bond motifs is 1. The Balaban J connectivity index is 1.52. The highest BCUT2D eigenvalue weighted by Crippen LogP contribution is 2.32. The fourth-order valence-corrected chi connectivity index (χ4v) is 3.44. The van der Waals surface area contributed by atoms with Crippen LogP contribution in [0.15, 0.2) is 60.9 Å². The first-order chi connectivity index (χ1) is 11.3. The molecule has 0 atom stereocenters. The van der Waals surface area contributed by atoms with E-state index >= 15 is 0 Å². The second kappa shape index (κ2) is 6.01. The summed E-state index contributed by atoms with van der Waals surface area (Å²) in [5.74, 6) is 1.59. The highest BCUT2D eigenvalue weighted by Gasteiger charge is 2.28. The Morgan fingerprint density at radius 2 is 1.74 bits per heavy atom.